The number of likely N-dealkylation sites (tertiary alicyclic amines) is 1. The van der Waals surface area contributed by atoms with E-state index >= 15 is 0 Å². The Balaban J connectivity index is 1.77. The smallest absolute Gasteiger partial charge is 0.256 e. The predicted molar refractivity (Wildman–Crippen MR) is 81.3 cm³/mol. The van der Waals surface area contributed by atoms with E-state index in [2.05, 4.69) is 10.1 Å². The SMILES string of the molecule is Cc1noc([C@@H]2CCCN(C(=O)c3cc(Cl)sc3Cl)C2)n1. The summed E-state index contributed by atoms with van der Waals surface area (Å²) in [6.07, 6.45) is 1.83. The normalized spacial score (nSPS) is 19.0. The first-order valence-electron chi connectivity index (χ1n) is 6.59. The molecule has 21 heavy (non-hydrogen) atoms. The standard InChI is InChI=1S/C13H13Cl2N3O2S/c1-7-16-12(20-17-7)8-3-2-4-18(6-8)13(19)9-5-10(14)21-11(9)15/h5,8H,2-4,6H2,1H3/t8-/m1/s1. The minimum Gasteiger partial charge on any atom is -0.339 e. The number of piperidine rings is 1. The number of aromatic nitrogens is 2. The molecule has 2 aromatic heterocycles. The minimum absolute atomic E-state index is 0.0804. The fourth-order valence-electron chi connectivity index (χ4n) is 2.50. The molecule has 0 aromatic carbocycles. The van der Waals surface area contributed by atoms with Gasteiger partial charge in [-0.2, -0.15) is 4.98 Å². The van der Waals surface area contributed by atoms with Gasteiger partial charge in [0.1, 0.15) is 4.34 Å². The van der Waals surface area contributed by atoms with Gasteiger partial charge in [0, 0.05) is 13.1 Å². The summed E-state index contributed by atoms with van der Waals surface area (Å²) in [5.41, 5.74) is 0.467. The van der Waals surface area contributed by atoms with Gasteiger partial charge in [0.25, 0.3) is 5.91 Å². The molecule has 0 unspecified atom stereocenters. The molecule has 1 saturated heterocycles. The monoisotopic (exact) mass is 345 g/mol. The van der Waals surface area contributed by atoms with Gasteiger partial charge in [-0.25, -0.2) is 0 Å². The van der Waals surface area contributed by atoms with E-state index in [-0.39, 0.29) is 11.8 Å². The molecular formula is C13H13Cl2N3O2S. The molecule has 8 heteroatoms. The quantitative estimate of drug-likeness (QED) is 0.831. The van der Waals surface area contributed by atoms with Crippen molar-refractivity contribution in [1.82, 2.24) is 15.0 Å². The molecule has 1 fully saturated rings. The summed E-state index contributed by atoms with van der Waals surface area (Å²) in [5, 5.41) is 3.81. The first-order valence-corrected chi connectivity index (χ1v) is 8.16. The van der Waals surface area contributed by atoms with Gasteiger partial charge in [0.2, 0.25) is 5.89 Å². The molecule has 0 radical (unpaired) electrons. The molecule has 1 atom stereocenters. The van der Waals surface area contributed by atoms with Crippen LogP contribution < -0.4 is 0 Å². The minimum atomic E-state index is -0.0934. The zero-order valence-corrected chi connectivity index (χ0v) is 13.6. The van der Waals surface area contributed by atoms with Gasteiger partial charge in [-0.15, -0.1) is 11.3 Å². The van der Waals surface area contributed by atoms with Crippen molar-refractivity contribution in [3.63, 3.8) is 0 Å². The van der Waals surface area contributed by atoms with Crippen molar-refractivity contribution in [2.24, 2.45) is 0 Å². The van der Waals surface area contributed by atoms with Crippen LogP contribution in [0.2, 0.25) is 8.67 Å². The number of thiophene rings is 1. The molecule has 1 aliphatic heterocycles. The molecule has 1 amide bonds. The van der Waals surface area contributed by atoms with E-state index in [4.69, 9.17) is 27.7 Å². The zero-order chi connectivity index (χ0) is 15.0. The van der Waals surface area contributed by atoms with Crippen LogP contribution in [0.5, 0.6) is 0 Å². The predicted octanol–water partition coefficient (Wildman–Crippen LogP) is 3.77. The van der Waals surface area contributed by atoms with Crippen LogP contribution in [0.15, 0.2) is 10.6 Å². The second-order valence-electron chi connectivity index (χ2n) is 5.01. The van der Waals surface area contributed by atoms with Crippen molar-refractivity contribution in [3.8, 4) is 0 Å². The lowest BCUT2D eigenvalue weighted by atomic mass is 9.97. The first kappa shape index (κ1) is 14.8. The first-order chi connectivity index (χ1) is 10.0. The zero-order valence-electron chi connectivity index (χ0n) is 11.3. The summed E-state index contributed by atoms with van der Waals surface area (Å²) in [6, 6.07) is 1.62. The molecule has 3 rings (SSSR count). The van der Waals surface area contributed by atoms with E-state index < -0.39 is 0 Å². The molecule has 112 valence electrons. The Morgan fingerprint density at radius 1 is 1.52 bits per heavy atom. The molecule has 0 spiro atoms. The van der Waals surface area contributed by atoms with E-state index in [0.717, 1.165) is 12.8 Å². The van der Waals surface area contributed by atoms with Crippen LogP contribution in [-0.2, 0) is 0 Å². The molecule has 0 aliphatic carbocycles. The number of halogens is 2. The number of rotatable bonds is 2. The van der Waals surface area contributed by atoms with Gasteiger partial charge >= 0.3 is 0 Å². The molecule has 0 bridgehead atoms. The third kappa shape index (κ3) is 3.07. The van der Waals surface area contributed by atoms with Crippen molar-refractivity contribution in [1.29, 1.82) is 0 Å². The highest BCUT2D eigenvalue weighted by atomic mass is 35.5. The van der Waals surface area contributed by atoms with Gasteiger partial charge in [-0.05, 0) is 25.8 Å². The molecule has 2 aromatic rings. The van der Waals surface area contributed by atoms with Gasteiger partial charge < -0.3 is 9.42 Å². The number of carbonyl (C=O) groups is 1. The number of aryl methyl sites for hydroxylation is 1. The summed E-state index contributed by atoms with van der Waals surface area (Å²) in [5.74, 6) is 1.20. The number of nitrogens with zero attached hydrogens (tertiary/aromatic N) is 3. The van der Waals surface area contributed by atoms with Crippen LogP contribution in [-0.4, -0.2) is 34.0 Å². The third-order valence-electron chi connectivity index (χ3n) is 3.49. The lowest BCUT2D eigenvalue weighted by Gasteiger charge is -2.30. The summed E-state index contributed by atoms with van der Waals surface area (Å²) >= 11 is 13.2. The van der Waals surface area contributed by atoms with Crippen molar-refractivity contribution in [2.45, 2.75) is 25.7 Å². The van der Waals surface area contributed by atoms with Crippen LogP contribution in [0.25, 0.3) is 0 Å². The average Bonchev–Trinajstić information content (AvgIpc) is 3.04. The van der Waals surface area contributed by atoms with Crippen molar-refractivity contribution >= 4 is 40.4 Å². The highest BCUT2D eigenvalue weighted by Gasteiger charge is 2.30. The highest BCUT2D eigenvalue weighted by Crippen LogP contribution is 2.33. The van der Waals surface area contributed by atoms with Gasteiger partial charge in [-0.1, -0.05) is 28.4 Å². The van der Waals surface area contributed by atoms with E-state index in [0.29, 0.717) is 39.0 Å². The summed E-state index contributed by atoms with van der Waals surface area (Å²) in [4.78, 5) is 18.6. The average molecular weight is 346 g/mol. The second kappa shape index (κ2) is 5.94. The lowest BCUT2D eigenvalue weighted by Crippen LogP contribution is -2.39. The van der Waals surface area contributed by atoms with Crippen LogP contribution in [0.3, 0.4) is 0 Å². The summed E-state index contributed by atoms with van der Waals surface area (Å²) < 4.78 is 6.17. The lowest BCUT2D eigenvalue weighted by molar-refractivity contribution is 0.0696. The summed E-state index contributed by atoms with van der Waals surface area (Å²) in [6.45, 7) is 3.04. The number of carbonyl (C=O) groups excluding carboxylic acids is 1. The van der Waals surface area contributed by atoms with E-state index in [1.54, 1.807) is 17.9 Å². The molecular weight excluding hydrogens is 333 g/mol. The van der Waals surface area contributed by atoms with Gasteiger partial charge in [0.05, 0.1) is 15.8 Å². The van der Waals surface area contributed by atoms with E-state index in [1.807, 2.05) is 0 Å². The fraction of sp³-hybridized carbons (Fsp3) is 0.462. The van der Waals surface area contributed by atoms with E-state index in [9.17, 15) is 4.79 Å². The van der Waals surface area contributed by atoms with Crippen LogP contribution >= 0.6 is 34.5 Å². The van der Waals surface area contributed by atoms with E-state index in [1.165, 1.54) is 11.3 Å². The van der Waals surface area contributed by atoms with Crippen LogP contribution in [0, 0.1) is 6.92 Å². The molecule has 0 saturated carbocycles. The van der Waals surface area contributed by atoms with Crippen molar-refractivity contribution in [3.05, 3.63) is 32.0 Å². The van der Waals surface area contributed by atoms with Crippen LogP contribution in [0.1, 0.15) is 40.8 Å². The maximum absolute atomic E-state index is 12.5. The van der Waals surface area contributed by atoms with Gasteiger partial charge in [-0.3, -0.25) is 4.79 Å². The number of hydrogen-bond acceptors (Lipinski definition) is 5. The second-order valence-corrected chi connectivity index (χ2v) is 7.29. The number of amides is 1. The fourth-order valence-corrected chi connectivity index (χ4v) is 3.95. The van der Waals surface area contributed by atoms with Crippen molar-refractivity contribution in [2.75, 3.05) is 13.1 Å². The Morgan fingerprint density at radius 3 is 2.95 bits per heavy atom. The maximum Gasteiger partial charge on any atom is 0.256 e. The Kier molecular flexibility index (Phi) is 4.19. The Bertz CT molecular complexity index is 670. The number of hydrogen-bond donors (Lipinski definition) is 0. The summed E-state index contributed by atoms with van der Waals surface area (Å²) in [7, 11) is 0. The molecule has 5 nitrogen and oxygen atoms in total. The highest BCUT2D eigenvalue weighted by molar-refractivity contribution is 7.20. The Morgan fingerprint density at radius 2 is 2.33 bits per heavy atom. The third-order valence-corrected chi connectivity index (χ3v) is 4.98. The molecule has 3 heterocycles. The topological polar surface area (TPSA) is 59.2 Å². The molecule has 1 aliphatic rings. The Hall–Kier alpha value is -1.11. The molecule has 0 N–H and O–H groups in total. The maximum atomic E-state index is 12.5. The van der Waals surface area contributed by atoms with Crippen LogP contribution in [0.4, 0.5) is 0 Å². The van der Waals surface area contributed by atoms with Crippen molar-refractivity contribution < 1.29 is 9.32 Å². The Labute approximate surface area is 135 Å². The van der Waals surface area contributed by atoms with Gasteiger partial charge in [0.15, 0.2) is 5.82 Å². The largest absolute Gasteiger partial charge is 0.339 e.